The summed E-state index contributed by atoms with van der Waals surface area (Å²) in [5.41, 5.74) is 2.11. The van der Waals surface area contributed by atoms with Gasteiger partial charge in [0.2, 0.25) is 0 Å². The Morgan fingerprint density at radius 1 is 1.17 bits per heavy atom. The molecule has 0 aliphatic carbocycles. The van der Waals surface area contributed by atoms with Crippen molar-refractivity contribution in [3.8, 4) is 5.75 Å². The summed E-state index contributed by atoms with van der Waals surface area (Å²) in [7, 11) is 0. The fraction of sp³-hybridized carbons (Fsp3) is 0.304. The maximum absolute atomic E-state index is 12.8. The van der Waals surface area contributed by atoms with Crippen LogP contribution in [-0.2, 0) is 0 Å². The van der Waals surface area contributed by atoms with E-state index in [1.165, 1.54) is 0 Å². The van der Waals surface area contributed by atoms with Crippen LogP contribution in [0.4, 0.5) is 5.69 Å². The molecule has 1 saturated heterocycles. The van der Waals surface area contributed by atoms with Crippen LogP contribution in [0.5, 0.6) is 5.75 Å². The van der Waals surface area contributed by atoms with Crippen LogP contribution in [0.1, 0.15) is 48.0 Å². The minimum absolute atomic E-state index is 0. The topological polar surface area (TPSA) is 68.2 Å². The lowest BCUT2D eigenvalue weighted by atomic mass is 10.1. The molecule has 1 aliphatic rings. The van der Waals surface area contributed by atoms with E-state index in [4.69, 9.17) is 4.74 Å². The Hall–Kier alpha value is -2.83. The van der Waals surface area contributed by atoms with Gasteiger partial charge in [-0.25, -0.2) is 0 Å². The zero-order chi connectivity index (χ0) is 20.1. The van der Waals surface area contributed by atoms with E-state index in [0.717, 1.165) is 31.5 Å². The second-order valence-electron chi connectivity index (χ2n) is 7.30. The first-order valence-electron chi connectivity index (χ1n) is 10.1. The number of halogens is 1. The molecule has 1 fully saturated rings. The van der Waals surface area contributed by atoms with Gasteiger partial charge in [-0.05, 0) is 50.1 Å². The minimum Gasteiger partial charge on any atom is -0.484 e. The van der Waals surface area contributed by atoms with Gasteiger partial charge in [-0.1, -0.05) is 42.5 Å². The highest BCUT2D eigenvalue weighted by Crippen LogP contribution is 2.29. The maximum atomic E-state index is 12.8. The first-order valence-corrected chi connectivity index (χ1v) is 10.1. The Bertz CT molecular complexity index is 955. The molecule has 0 saturated carbocycles. The van der Waals surface area contributed by atoms with Crippen molar-refractivity contribution in [2.45, 2.75) is 31.9 Å². The predicted molar refractivity (Wildman–Crippen MR) is 120 cm³/mol. The van der Waals surface area contributed by atoms with Gasteiger partial charge < -0.3 is 15.4 Å². The standard InChI is InChI=1S/C23H26N4O2.ClH/c1-17(18-8-3-2-4-9-18)29-22-12-6-5-11-20(22)25-23(28)21-13-15-27(26-21)19-10-7-14-24-16-19;/h2-6,8-9,11-13,15,17,19,24H,7,10,14,16H2,1H3,(H,25,28);1H. The molecule has 2 heterocycles. The number of aromatic nitrogens is 2. The third-order valence-corrected chi connectivity index (χ3v) is 5.19. The summed E-state index contributed by atoms with van der Waals surface area (Å²) in [6, 6.07) is 19.5. The number of anilines is 1. The number of nitrogens with one attached hydrogen (secondary N) is 2. The smallest absolute Gasteiger partial charge is 0.276 e. The third-order valence-electron chi connectivity index (χ3n) is 5.19. The Labute approximate surface area is 183 Å². The van der Waals surface area contributed by atoms with E-state index < -0.39 is 0 Å². The number of nitrogens with zero attached hydrogens (tertiary/aromatic N) is 2. The summed E-state index contributed by atoms with van der Waals surface area (Å²) in [5, 5.41) is 10.8. The third kappa shape index (κ3) is 5.20. The molecule has 158 valence electrons. The Morgan fingerprint density at radius 3 is 2.70 bits per heavy atom. The first-order chi connectivity index (χ1) is 14.2. The number of ether oxygens (including phenoxy) is 1. The molecule has 2 unspecified atom stereocenters. The van der Waals surface area contributed by atoms with Gasteiger partial charge in [0.25, 0.3) is 5.91 Å². The van der Waals surface area contributed by atoms with Gasteiger partial charge in [0.05, 0.1) is 11.7 Å². The zero-order valence-electron chi connectivity index (χ0n) is 17.0. The van der Waals surface area contributed by atoms with E-state index in [0.29, 0.717) is 23.2 Å². The number of para-hydroxylation sites is 2. The molecule has 2 atom stereocenters. The van der Waals surface area contributed by atoms with Crippen LogP contribution in [0.25, 0.3) is 0 Å². The van der Waals surface area contributed by atoms with Gasteiger partial charge >= 0.3 is 0 Å². The van der Waals surface area contributed by atoms with E-state index in [-0.39, 0.29) is 24.4 Å². The van der Waals surface area contributed by atoms with E-state index in [2.05, 4.69) is 15.7 Å². The van der Waals surface area contributed by atoms with Crippen LogP contribution >= 0.6 is 12.4 Å². The summed E-state index contributed by atoms with van der Waals surface area (Å²) in [4.78, 5) is 12.8. The number of piperidine rings is 1. The minimum atomic E-state index is -0.240. The number of hydrogen-bond donors (Lipinski definition) is 2. The summed E-state index contributed by atoms with van der Waals surface area (Å²) >= 11 is 0. The van der Waals surface area contributed by atoms with Gasteiger partial charge in [0.1, 0.15) is 11.9 Å². The second kappa shape index (κ2) is 10.3. The van der Waals surface area contributed by atoms with Crippen LogP contribution < -0.4 is 15.4 Å². The fourth-order valence-electron chi connectivity index (χ4n) is 3.56. The quantitative estimate of drug-likeness (QED) is 0.603. The maximum Gasteiger partial charge on any atom is 0.276 e. The molecule has 2 N–H and O–H groups in total. The number of rotatable bonds is 6. The van der Waals surface area contributed by atoms with Crippen molar-refractivity contribution < 1.29 is 9.53 Å². The molecular formula is C23H27ClN4O2. The van der Waals surface area contributed by atoms with Crippen molar-refractivity contribution in [3.05, 3.63) is 78.1 Å². The zero-order valence-corrected chi connectivity index (χ0v) is 17.8. The highest BCUT2D eigenvalue weighted by atomic mass is 35.5. The van der Waals surface area contributed by atoms with Gasteiger partial charge in [-0.15, -0.1) is 12.4 Å². The molecule has 30 heavy (non-hydrogen) atoms. The Kier molecular flexibility index (Phi) is 7.49. The number of hydrogen-bond acceptors (Lipinski definition) is 4. The van der Waals surface area contributed by atoms with Crippen LogP contribution in [-0.4, -0.2) is 28.8 Å². The average Bonchev–Trinajstić information content (AvgIpc) is 3.27. The Morgan fingerprint density at radius 2 is 1.93 bits per heavy atom. The Balaban J connectivity index is 0.00000256. The van der Waals surface area contributed by atoms with Crippen LogP contribution in [0, 0.1) is 0 Å². The highest BCUT2D eigenvalue weighted by molar-refractivity contribution is 6.03. The largest absolute Gasteiger partial charge is 0.484 e. The summed E-state index contributed by atoms with van der Waals surface area (Å²) in [6.45, 7) is 3.92. The van der Waals surface area contributed by atoms with E-state index >= 15 is 0 Å². The molecule has 1 amide bonds. The molecule has 0 bridgehead atoms. The molecule has 0 spiro atoms. The monoisotopic (exact) mass is 426 g/mol. The number of carbonyl (C=O) groups is 1. The van der Waals surface area contributed by atoms with E-state index in [1.807, 2.05) is 72.4 Å². The van der Waals surface area contributed by atoms with Crippen molar-refractivity contribution in [2.75, 3.05) is 18.4 Å². The highest BCUT2D eigenvalue weighted by Gasteiger charge is 2.19. The van der Waals surface area contributed by atoms with Gasteiger partial charge in [0.15, 0.2) is 5.69 Å². The predicted octanol–water partition coefficient (Wildman–Crippen LogP) is 4.62. The van der Waals surface area contributed by atoms with Gasteiger partial charge in [0, 0.05) is 12.7 Å². The molecule has 4 rings (SSSR count). The van der Waals surface area contributed by atoms with Crippen molar-refractivity contribution in [1.29, 1.82) is 0 Å². The molecule has 1 aliphatic heterocycles. The molecule has 0 radical (unpaired) electrons. The lowest BCUT2D eigenvalue weighted by molar-refractivity contribution is 0.102. The fourth-order valence-corrected chi connectivity index (χ4v) is 3.56. The van der Waals surface area contributed by atoms with Crippen molar-refractivity contribution in [2.24, 2.45) is 0 Å². The first kappa shape index (κ1) is 21.9. The molecule has 3 aromatic rings. The van der Waals surface area contributed by atoms with Crippen LogP contribution in [0.15, 0.2) is 66.9 Å². The van der Waals surface area contributed by atoms with Crippen molar-refractivity contribution in [1.82, 2.24) is 15.1 Å². The number of benzene rings is 2. The molecule has 2 aromatic carbocycles. The van der Waals surface area contributed by atoms with Gasteiger partial charge in [-0.2, -0.15) is 5.10 Å². The van der Waals surface area contributed by atoms with Crippen molar-refractivity contribution >= 4 is 24.0 Å². The molecule has 1 aromatic heterocycles. The van der Waals surface area contributed by atoms with Crippen molar-refractivity contribution in [3.63, 3.8) is 0 Å². The lowest BCUT2D eigenvalue weighted by Crippen LogP contribution is -2.32. The summed E-state index contributed by atoms with van der Waals surface area (Å²) in [6.07, 6.45) is 3.94. The van der Waals surface area contributed by atoms with Crippen LogP contribution in [0.3, 0.4) is 0 Å². The summed E-state index contributed by atoms with van der Waals surface area (Å²) < 4.78 is 8.01. The van der Waals surface area contributed by atoms with Gasteiger partial charge in [-0.3, -0.25) is 9.48 Å². The van der Waals surface area contributed by atoms with Crippen LogP contribution in [0.2, 0.25) is 0 Å². The molecular weight excluding hydrogens is 400 g/mol. The van der Waals surface area contributed by atoms with E-state index in [9.17, 15) is 4.79 Å². The number of amides is 1. The molecule has 7 heteroatoms. The lowest BCUT2D eigenvalue weighted by Gasteiger charge is -2.22. The number of carbonyl (C=O) groups excluding carboxylic acids is 1. The van der Waals surface area contributed by atoms with E-state index in [1.54, 1.807) is 6.07 Å². The second-order valence-corrected chi connectivity index (χ2v) is 7.30. The summed E-state index contributed by atoms with van der Waals surface area (Å²) in [5.74, 6) is 0.393. The SMILES string of the molecule is CC(Oc1ccccc1NC(=O)c1ccn(C2CCCNC2)n1)c1ccccc1.Cl. The molecule has 6 nitrogen and oxygen atoms in total. The average molecular weight is 427 g/mol. The normalized spacial score (nSPS) is 16.9.